The second kappa shape index (κ2) is 12.8. The molecule has 0 saturated heterocycles. The first-order valence-electron chi connectivity index (χ1n) is 14.2. The third kappa shape index (κ3) is 7.47. The zero-order chi connectivity index (χ0) is 25.7. The van der Waals surface area contributed by atoms with Gasteiger partial charge in [0.05, 0.1) is 11.8 Å². The monoisotopic (exact) mass is 478 g/mol. The lowest BCUT2D eigenvalue weighted by atomic mass is 9.74. The molecule has 2 aliphatic carbocycles. The normalized spacial score (nSPS) is 32.2. The van der Waals surface area contributed by atoms with Crippen molar-refractivity contribution in [3.63, 3.8) is 0 Å². The lowest BCUT2D eigenvalue weighted by molar-refractivity contribution is -0.177. The fourth-order valence-electron chi connectivity index (χ4n) is 6.62. The predicted octanol–water partition coefficient (Wildman–Crippen LogP) is 7.54. The van der Waals surface area contributed by atoms with Gasteiger partial charge in [-0.3, -0.25) is 9.59 Å². The Morgan fingerprint density at radius 2 is 0.912 bits per heavy atom. The summed E-state index contributed by atoms with van der Waals surface area (Å²) in [6.07, 6.45) is 6.35. The molecule has 0 heterocycles. The summed E-state index contributed by atoms with van der Waals surface area (Å²) in [5.41, 5.74) is 0. The fourth-order valence-corrected chi connectivity index (χ4v) is 6.62. The molecule has 0 amide bonds. The Hall–Kier alpha value is -1.06. The molecule has 2 aliphatic rings. The summed E-state index contributed by atoms with van der Waals surface area (Å²) in [5, 5.41) is 0. The van der Waals surface area contributed by atoms with Crippen LogP contribution in [-0.2, 0) is 19.1 Å². The summed E-state index contributed by atoms with van der Waals surface area (Å²) in [6.45, 7) is 21.6. The Kier molecular flexibility index (Phi) is 11.0. The molecule has 0 aromatic heterocycles. The van der Waals surface area contributed by atoms with E-state index in [0.717, 1.165) is 25.7 Å². The standard InChI is InChI=1S/C30H54O4/c1-17(2)23-13-11-21(9)15-25(23)33-29(31)27(19(5)6)28(20(7)8)30(32)34-26-16-22(10)12-14-24(26)18(3)4/h17-28H,11-16H2,1-10H3/t21-,22-,23+,24+,25-,26-,27-,28-/m1/s1. The second-order valence-electron chi connectivity index (χ2n) is 13.1. The number of carbonyl (C=O) groups is 2. The van der Waals surface area contributed by atoms with Crippen molar-refractivity contribution >= 4 is 11.9 Å². The number of hydrogen-bond donors (Lipinski definition) is 0. The quantitative estimate of drug-likeness (QED) is 0.321. The summed E-state index contributed by atoms with van der Waals surface area (Å²) in [6, 6.07) is 0. The number of rotatable bonds is 9. The van der Waals surface area contributed by atoms with Crippen LogP contribution in [0.4, 0.5) is 0 Å². The summed E-state index contributed by atoms with van der Waals surface area (Å²) < 4.78 is 12.5. The van der Waals surface area contributed by atoms with Gasteiger partial charge in [0, 0.05) is 0 Å². The lowest BCUT2D eigenvalue weighted by Gasteiger charge is -2.40. The largest absolute Gasteiger partial charge is 0.462 e. The van der Waals surface area contributed by atoms with Gasteiger partial charge in [-0.05, 0) is 73.0 Å². The lowest BCUT2D eigenvalue weighted by Crippen LogP contribution is -2.45. The molecule has 0 bridgehead atoms. The Bertz CT molecular complexity index is 596. The molecule has 4 heteroatoms. The molecule has 2 fully saturated rings. The molecule has 2 saturated carbocycles. The van der Waals surface area contributed by atoms with E-state index in [2.05, 4.69) is 41.5 Å². The van der Waals surface area contributed by atoms with Crippen molar-refractivity contribution in [1.82, 2.24) is 0 Å². The van der Waals surface area contributed by atoms with Gasteiger partial charge in [-0.1, -0.05) is 82.1 Å². The molecule has 34 heavy (non-hydrogen) atoms. The number of esters is 2. The van der Waals surface area contributed by atoms with Crippen LogP contribution in [0.15, 0.2) is 0 Å². The highest BCUT2D eigenvalue weighted by molar-refractivity contribution is 5.82. The molecule has 0 unspecified atom stereocenters. The van der Waals surface area contributed by atoms with Gasteiger partial charge in [0.15, 0.2) is 0 Å². The number of carbonyl (C=O) groups excluding carboxylic acids is 2. The topological polar surface area (TPSA) is 52.6 Å². The van der Waals surface area contributed by atoms with Crippen LogP contribution in [0.5, 0.6) is 0 Å². The molecule has 0 N–H and O–H groups in total. The first-order chi connectivity index (χ1) is 15.8. The van der Waals surface area contributed by atoms with Crippen molar-refractivity contribution < 1.29 is 19.1 Å². The average molecular weight is 479 g/mol. The molecule has 0 radical (unpaired) electrons. The molecule has 0 aromatic carbocycles. The predicted molar refractivity (Wildman–Crippen MR) is 139 cm³/mol. The molecular formula is C30H54O4. The molecular weight excluding hydrogens is 424 g/mol. The van der Waals surface area contributed by atoms with E-state index < -0.39 is 11.8 Å². The maximum atomic E-state index is 13.7. The van der Waals surface area contributed by atoms with Gasteiger partial charge in [-0.15, -0.1) is 0 Å². The van der Waals surface area contributed by atoms with Crippen LogP contribution in [0.1, 0.15) is 108 Å². The van der Waals surface area contributed by atoms with Gasteiger partial charge in [0.2, 0.25) is 0 Å². The van der Waals surface area contributed by atoms with E-state index >= 15 is 0 Å². The molecule has 0 aliphatic heterocycles. The van der Waals surface area contributed by atoms with Crippen molar-refractivity contribution in [2.45, 2.75) is 120 Å². The van der Waals surface area contributed by atoms with Gasteiger partial charge in [0.1, 0.15) is 12.2 Å². The summed E-state index contributed by atoms with van der Waals surface area (Å²) in [5.74, 6) is 1.56. The third-order valence-electron chi connectivity index (χ3n) is 8.83. The van der Waals surface area contributed by atoms with Gasteiger partial charge in [0.25, 0.3) is 0 Å². The highest BCUT2D eigenvalue weighted by atomic mass is 16.6. The van der Waals surface area contributed by atoms with Gasteiger partial charge < -0.3 is 9.47 Å². The summed E-state index contributed by atoms with van der Waals surface area (Å²) >= 11 is 0. The van der Waals surface area contributed by atoms with E-state index in [1.54, 1.807) is 0 Å². The zero-order valence-electron chi connectivity index (χ0n) is 23.8. The fraction of sp³-hybridized carbons (Fsp3) is 0.933. The van der Waals surface area contributed by atoms with Crippen LogP contribution in [0, 0.1) is 59.2 Å². The van der Waals surface area contributed by atoms with Crippen molar-refractivity contribution in [3.05, 3.63) is 0 Å². The highest BCUT2D eigenvalue weighted by Gasteiger charge is 2.44. The smallest absolute Gasteiger partial charge is 0.310 e. The number of ether oxygens (including phenoxy) is 2. The average Bonchev–Trinajstić information content (AvgIpc) is 2.70. The van der Waals surface area contributed by atoms with Crippen LogP contribution in [-0.4, -0.2) is 24.1 Å². The van der Waals surface area contributed by atoms with Gasteiger partial charge in [-0.2, -0.15) is 0 Å². The summed E-state index contributed by atoms with van der Waals surface area (Å²) in [4.78, 5) is 27.3. The Labute approximate surface area is 210 Å². The minimum absolute atomic E-state index is 0.0112. The Morgan fingerprint density at radius 3 is 1.18 bits per heavy atom. The maximum Gasteiger partial charge on any atom is 0.310 e. The maximum absolute atomic E-state index is 13.7. The molecule has 2 rings (SSSR count). The van der Waals surface area contributed by atoms with Crippen LogP contribution < -0.4 is 0 Å². The minimum atomic E-state index is -0.476. The highest BCUT2D eigenvalue weighted by Crippen LogP contribution is 2.39. The van der Waals surface area contributed by atoms with Crippen molar-refractivity contribution in [3.8, 4) is 0 Å². The molecule has 198 valence electrons. The zero-order valence-corrected chi connectivity index (χ0v) is 23.8. The van der Waals surface area contributed by atoms with E-state index in [4.69, 9.17) is 9.47 Å². The van der Waals surface area contributed by atoms with E-state index in [0.29, 0.717) is 35.5 Å². The molecule has 4 nitrogen and oxygen atoms in total. The first-order valence-corrected chi connectivity index (χ1v) is 14.2. The van der Waals surface area contributed by atoms with Crippen LogP contribution in [0.3, 0.4) is 0 Å². The molecule has 0 aromatic rings. The van der Waals surface area contributed by atoms with Gasteiger partial charge >= 0.3 is 11.9 Å². The Morgan fingerprint density at radius 1 is 0.588 bits per heavy atom. The second-order valence-corrected chi connectivity index (χ2v) is 13.1. The van der Waals surface area contributed by atoms with Crippen LogP contribution >= 0.6 is 0 Å². The van der Waals surface area contributed by atoms with Gasteiger partial charge in [-0.25, -0.2) is 0 Å². The van der Waals surface area contributed by atoms with Crippen molar-refractivity contribution in [2.75, 3.05) is 0 Å². The van der Waals surface area contributed by atoms with E-state index in [1.165, 1.54) is 12.8 Å². The minimum Gasteiger partial charge on any atom is -0.462 e. The summed E-state index contributed by atoms with van der Waals surface area (Å²) in [7, 11) is 0. The van der Waals surface area contributed by atoms with E-state index in [1.807, 2.05) is 27.7 Å². The van der Waals surface area contributed by atoms with E-state index in [-0.39, 0.29) is 36.0 Å². The van der Waals surface area contributed by atoms with Crippen molar-refractivity contribution in [1.29, 1.82) is 0 Å². The third-order valence-corrected chi connectivity index (χ3v) is 8.83. The van der Waals surface area contributed by atoms with Crippen LogP contribution in [0.2, 0.25) is 0 Å². The Balaban J connectivity index is 2.22. The van der Waals surface area contributed by atoms with Crippen molar-refractivity contribution in [2.24, 2.45) is 59.2 Å². The molecule has 0 spiro atoms. The van der Waals surface area contributed by atoms with E-state index in [9.17, 15) is 9.59 Å². The van der Waals surface area contributed by atoms with Crippen LogP contribution in [0.25, 0.3) is 0 Å². The molecule has 8 atom stereocenters. The number of hydrogen-bond acceptors (Lipinski definition) is 4. The first kappa shape index (κ1) is 29.2. The SMILES string of the molecule is CC(C)[C@@H](C(=O)O[C@@H]1C[C@H](C)CC[C@H]1C(C)C)[C@H](C(=O)O[C@@H]1C[C@H](C)CC[C@H]1C(C)C)C(C)C.